The zero-order chi connectivity index (χ0) is 12.5. The van der Waals surface area contributed by atoms with E-state index in [2.05, 4.69) is 5.32 Å². The van der Waals surface area contributed by atoms with Crippen LogP contribution in [0.5, 0.6) is 0 Å². The third-order valence-electron chi connectivity index (χ3n) is 2.56. The molecule has 1 aromatic heterocycles. The fraction of sp³-hybridized carbons (Fsp3) is 0.583. The van der Waals surface area contributed by atoms with Crippen LogP contribution in [0.3, 0.4) is 0 Å². The Labute approximate surface area is 105 Å². The molecule has 17 heavy (non-hydrogen) atoms. The van der Waals surface area contributed by atoms with Crippen molar-refractivity contribution < 1.29 is 9.53 Å². The molecule has 0 saturated heterocycles. The van der Waals surface area contributed by atoms with Crippen molar-refractivity contribution in [1.82, 2.24) is 5.32 Å². The highest BCUT2D eigenvalue weighted by atomic mass is 32.1. The monoisotopic (exact) mass is 254 g/mol. The van der Waals surface area contributed by atoms with Gasteiger partial charge in [0.25, 0.3) is 5.91 Å². The van der Waals surface area contributed by atoms with Gasteiger partial charge >= 0.3 is 0 Å². The third kappa shape index (κ3) is 3.28. The minimum Gasteiger partial charge on any atom is -0.376 e. The predicted octanol–water partition coefficient (Wildman–Crippen LogP) is 1.29. The van der Waals surface area contributed by atoms with Gasteiger partial charge < -0.3 is 15.8 Å². The predicted molar refractivity (Wildman–Crippen MR) is 68.3 cm³/mol. The lowest BCUT2D eigenvalue weighted by Crippen LogP contribution is -2.44. The molecular weight excluding hydrogens is 236 g/mol. The first-order valence-corrected chi connectivity index (χ1v) is 6.54. The molecule has 94 valence electrons. The van der Waals surface area contributed by atoms with Crippen LogP contribution in [0.25, 0.3) is 0 Å². The molecule has 5 heteroatoms. The number of carbonyl (C=O) groups is 1. The lowest BCUT2D eigenvalue weighted by molar-refractivity contribution is 0.0949. The molecule has 0 spiro atoms. The maximum absolute atomic E-state index is 11.9. The zero-order valence-electron chi connectivity index (χ0n) is 10.2. The number of nitrogens with two attached hydrogens (primary N) is 1. The fourth-order valence-electron chi connectivity index (χ4n) is 1.65. The Morgan fingerprint density at radius 3 is 3.06 bits per heavy atom. The molecule has 4 nitrogen and oxygen atoms in total. The Morgan fingerprint density at radius 1 is 1.65 bits per heavy atom. The summed E-state index contributed by atoms with van der Waals surface area (Å²) in [6.45, 7) is 5.64. The second-order valence-electron chi connectivity index (χ2n) is 5.03. The molecule has 1 aromatic rings. The number of nitrogens with one attached hydrogen (secondary N) is 1. The van der Waals surface area contributed by atoms with Gasteiger partial charge in [0.2, 0.25) is 0 Å². The molecule has 0 unspecified atom stereocenters. The van der Waals surface area contributed by atoms with E-state index < -0.39 is 0 Å². The summed E-state index contributed by atoms with van der Waals surface area (Å²) in [5.41, 5.74) is 6.60. The molecule has 0 bridgehead atoms. The Morgan fingerprint density at radius 2 is 2.41 bits per heavy atom. The van der Waals surface area contributed by atoms with Crippen LogP contribution in [-0.4, -0.2) is 24.6 Å². The maximum atomic E-state index is 11.9. The van der Waals surface area contributed by atoms with Crippen molar-refractivity contribution in [2.24, 2.45) is 5.73 Å². The molecule has 1 aliphatic rings. The quantitative estimate of drug-likeness (QED) is 0.854. The van der Waals surface area contributed by atoms with Crippen LogP contribution in [0.4, 0.5) is 0 Å². The molecule has 0 radical (unpaired) electrons. The van der Waals surface area contributed by atoms with E-state index in [-0.39, 0.29) is 11.4 Å². The summed E-state index contributed by atoms with van der Waals surface area (Å²) >= 11 is 1.56. The lowest BCUT2D eigenvalue weighted by atomic mass is 10.1. The van der Waals surface area contributed by atoms with Gasteiger partial charge in [-0.1, -0.05) is 0 Å². The van der Waals surface area contributed by atoms with Crippen LogP contribution < -0.4 is 11.1 Å². The average Bonchev–Trinajstić information content (AvgIpc) is 2.68. The molecule has 0 aromatic carbocycles. The van der Waals surface area contributed by atoms with Gasteiger partial charge in [-0.25, -0.2) is 0 Å². The van der Waals surface area contributed by atoms with E-state index in [1.807, 2.05) is 19.9 Å². The van der Waals surface area contributed by atoms with Crippen LogP contribution in [0.1, 0.15) is 34.0 Å². The van der Waals surface area contributed by atoms with Crippen LogP contribution in [-0.2, 0) is 17.8 Å². The molecule has 0 atom stereocenters. The smallest absolute Gasteiger partial charge is 0.261 e. The van der Waals surface area contributed by atoms with Gasteiger partial charge in [-0.3, -0.25) is 4.79 Å². The molecule has 1 amide bonds. The Hall–Kier alpha value is -0.910. The van der Waals surface area contributed by atoms with E-state index in [9.17, 15) is 4.79 Å². The standard InChI is InChI=1S/C12H18N2O2S/c1-12(2,13)7-14-11(15)10-5-8-6-16-4-3-9(8)17-10/h5H,3-4,6-7,13H2,1-2H3,(H,14,15). The van der Waals surface area contributed by atoms with Crippen LogP contribution >= 0.6 is 11.3 Å². The largest absolute Gasteiger partial charge is 0.376 e. The first-order valence-electron chi connectivity index (χ1n) is 5.72. The first-order chi connectivity index (χ1) is 7.96. The summed E-state index contributed by atoms with van der Waals surface area (Å²) in [6, 6.07) is 1.93. The number of fused-ring (bicyclic) bond motifs is 1. The van der Waals surface area contributed by atoms with E-state index in [1.165, 1.54) is 4.88 Å². The van der Waals surface area contributed by atoms with Crippen molar-refractivity contribution in [3.63, 3.8) is 0 Å². The minimum absolute atomic E-state index is 0.0390. The number of amides is 1. The van der Waals surface area contributed by atoms with Gasteiger partial charge in [0, 0.05) is 23.4 Å². The number of ether oxygens (including phenoxy) is 1. The van der Waals surface area contributed by atoms with E-state index >= 15 is 0 Å². The first kappa shape index (κ1) is 12.5. The van der Waals surface area contributed by atoms with Crippen molar-refractivity contribution in [1.29, 1.82) is 0 Å². The molecule has 2 heterocycles. The summed E-state index contributed by atoms with van der Waals surface area (Å²) in [4.78, 5) is 13.9. The summed E-state index contributed by atoms with van der Waals surface area (Å²) in [7, 11) is 0. The Bertz CT molecular complexity index is 397. The van der Waals surface area contributed by atoms with Gasteiger partial charge in [-0.05, 0) is 25.5 Å². The molecular formula is C12H18N2O2S. The van der Waals surface area contributed by atoms with E-state index in [4.69, 9.17) is 10.5 Å². The second kappa shape index (κ2) is 4.76. The van der Waals surface area contributed by atoms with E-state index in [1.54, 1.807) is 11.3 Å². The van der Waals surface area contributed by atoms with E-state index in [0.29, 0.717) is 13.2 Å². The SMILES string of the molecule is CC(C)(N)CNC(=O)c1cc2c(s1)CCOC2. The van der Waals surface area contributed by atoms with Crippen molar-refractivity contribution in [3.05, 3.63) is 21.4 Å². The van der Waals surface area contributed by atoms with Gasteiger partial charge in [0.05, 0.1) is 18.1 Å². The lowest BCUT2D eigenvalue weighted by Gasteiger charge is -2.18. The van der Waals surface area contributed by atoms with Crippen molar-refractivity contribution >= 4 is 17.2 Å². The van der Waals surface area contributed by atoms with Gasteiger partial charge in [0.15, 0.2) is 0 Å². The van der Waals surface area contributed by atoms with Crippen molar-refractivity contribution in [2.45, 2.75) is 32.4 Å². The number of rotatable bonds is 3. The summed E-state index contributed by atoms with van der Waals surface area (Å²) in [5, 5.41) is 2.85. The highest BCUT2D eigenvalue weighted by molar-refractivity contribution is 7.14. The molecule has 1 aliphatic heterocycles. The topological polar surface area (TPSA) is 64.3 Å². The summed E-state index contributed by atoms with van der Waals surface area (Å²) in [5.74, 6) is -0.0390. The molecule has 0 fully saturated rings. The van der Waals surface area contributed by atoms with Crippen molar-refractivity contribution in [3.8, 4) is 0 Å². The Balaban J connectivity index is 2.02. The zero-order valence-corrected chi connectivity index (χ0v) is 11.0. The van der Waals surface area contributed by atoms with Crippen LogP contribution in [0.2, 0.25) is 0 Å². The maximum Gasteiger partial charge on any atom is 0.261 e. The van der Waals surface area contributed by atoms with Crippen molar-refractivity contribution in [2.75, 3.05) is 13.2 Å². The molecule has 3 N–H and O–H groups in total. The van der Waals surface area contributed by atoms with Gasteiger partial charge in [-0.15, -0.1) is 11.3 Å². The molecule has 2 rings (SSSR count). The van der Waals surface area contributed by atoms with Gasteiger partial charge in [0.1, 0.15) is 0 Å². The van der Waals surface area contributed by atoms with Crippen LogP contribution in [0.15, 0.2) is 6.07 Å². The summed E-state index contributed by atoms with van der Waals surface area (Å²) in [6.07, 6.45) is 0.912. The van der Waals surface area contributed by atoms with E-state index in [0.717, 1.165) is 23.5 Å². The number of hydrogen-bond acceptors (Lipinski definition) is 4. The number of carbonyl (C=O) groups excluding carboxylic acids is 1. The van der Waals surface area contributed by atoms with Gasteiger partial charge in [-0.2, -0.15) is 0 Å². The highest BCUT2D eigenvalue weighted by Crippen LogP contribution is 2.26. The number of thiophene rings is 1. The summed E-state index contributed by atoms with van der Waals surface area (Å²) < 4.78 is 5.36. The average molecular weight is 254 g/mol. The highest BCUT2D eigenvalue weighted by Gasteiger charge is 2.19. The molecule has 0 saturated carbocycles. The fourth-order valence-corrected chi connectivity index (χ4v) is 2.72. The second-order valence-corrected chi connectivity index (χ2v) is 6.17. The normalized spacial score (nSPS) is 15.5. The molecule has 0 aliphatic carbocycles. The Kier molecular flexibility index (Phi) is 3.51. The number of hydrogen-bond donors (Lipinski definition) is 2. The third-order valence-corrected chi connectivity index (χ3v) is 3.79. The van der Waals surface area contributed by atoms with Crippen LogP contribution in [0, 0.1) is 0 Å². The minimum atomic E-state index is -0.379.